The summed E-state index contributed by atoms with van der Waals surface area (Å²) in [4.78, 5) is 18.5. The molecule has 1 saturated carbocycles. The monoisotopic (exact) mass is 316 g/mol. The summed E-state index contributed by atoms with van der Waals surface area (Å²) in [6.45, 7) is 3.41. The highest BCUT2D eigenvalue weighted by Crippen LogP contribution is 2.40. The van der Waals surface area contributed by atoms with Crippen LogP contribution < -0.4 is 0 Å². The van der Waals surface area contributed by atoms with Crippen LogP contribution in [0.4, 0.5) is 4.79 Å². The number of thiazole rings is 1. The van der Waals surface area contributed by atoms with Gasteiger partial charge in [-0.15, -0.1) is 11.3 Å². The Hall–Kier alpha value is -1.88. The maximum atomic E-state index is 12.2. The Bertz CT molecular complexity index is 623. The summed E-state index contributed by atoms with van der Waals surface area (Å²) in [5.41, 5.74) is 2.19. The first-order valence-corrected chi connectivity index (χ1v) is 8.54. The number of amides is 1. The van der Waals surface area contributed by atoms with Crippen molar-refractivity contribution >= 4 is 17.4 Å². The van der Waals surface area contributed by atoms with E-state index >= 15 is 0 Å². The third kappa shape index (κ3) is 3.85. The maximum Gasteiger partial charge on any atom is 0.410 e. The van der Waals surface area contributed by atoms with Crippen molar-refractivity contribution in [2.45, 2.75) is 38.8 Å². The van der Waals surface area contributed by atoms with E-state index in [9.17, 15) is 4.79 Å². The number of nitrogens with zero attached hydrogens (tertiary/aromatic N) is 2. The molecule has 22 heavy (non-hydrogen) atoms. The molecule has 0 atom stereocenters. The summed E-state index contributed by atoms with van der Waals surface area (Å²) in [6.07, 6.45) is 2.22. The van der Waals surface area contributed by atoms with Crippen molar-refractivity contribution in [1.29, 1.82) is 0 Å². The zero-order chi connectivity index (χ0) is 15.4. The van der Waals surface area contributed by atoms with Crippen molar-refractivity contribution in [3.8, 4) is 0 Å². The molecule has 1 aromatic carbocycles. The maximum absolute atomic E-state index is 12.2. The SMILES string of the molecule is CCN(Cc1nc(C2CC2)cs1)C(=O)OCc1ccccc1. The van der Waals surface area contributed by atoms with Crippen LogP contribution in [-0.4, -0.2) is 22.5 Å². The van der Waals surface area contributed by atoms with E-state index in [1.807, 2.05) is 37.3 Å². The van der Waals surface area contributed by atoms with E-state index in [0.29, 0.717) is 25.6 Å². The van der Waals surface area contributed by atoms with E-state index < -0.39 is 0 Å². The van der Waals surface area contributed by atoms with Crippen molar-refractivity contribution in [3.63, 3.8) is 0 Å². The van der Waals surface area contributed by atoms with Gasteiger partial charge < -0.3 is 9.64 Å². The van der Waals surface area contributed by atoms with Crippen LogP contribution in [0.5, 0.6) is 0 Å². The Labute approximate surface area is 134 Å². The molecule has 4 nitrogen and oxygen atoms in total. The van der Waals surface area contributed by atoms with E-state index in [0.717, 1.165) is 10.6 Å². The molecule has 5 heteroatoms. The molecular formula is C17H20N2O2S. The largest absolute Gasteiger partial charge is 0.445 e. The number of hydrogen-bond donors (Lipinski definition) is 0. The molecule has 1 amide bonds. The Morgan fingerprint density at radius 1 is 1.36 bits per heavy atom. The molecule has 3 rings (SSSR count). The zero-order valence-corrected chi connectivity index (χ0v) is 13.5. The van der Waals surface area contributed by atoms with Gasteiger partial charge in [0.1, 0.15) is 11.6 Å². The fourth-order valence-corrected chi connectivity index (χ4v) is 3.13. The van der Waals surface area contributed by atoms with Crippen LogP contribution in [0.3, 0.4) is 0 Å². The molecular weight excluding hydrogens is 296 g/mol. The number of aromatic nitrogens is 1. The minimum absolute atomic E-state index is 0.283. The number of rotatable bonds is 6. The average Bonchev–Trinajstić information content (AvgIpc) is 3.30. The molecule has 1 fully saturated rings. The van der Waals surface area contributed by atoms with E-state index in [4.69, 9.17) is 4.74 Å². The summed E-state index contributed by atoms with van der Waals surface area (Å²) in [7, 11) is 0. The topological polar surface area (TPSA) is 42.4 Å². The first-order chi connectivity index (χ1) is 10.8. The number of ether oxygens (including phenoxy) is 1. The van der Waals surface area contributed by atoms with Gasteiger partial charge >= 0.3 is 6.09 Å². The predicted molar refractivity (Wildman–Crippen MR) is 86.8 cm³/mol. The quantitative estimate of drug-likeness (QED) is 0.803. The van der Waals surface area contributed by atoms with Crippen molar-refractivity contribution in [2.24, 2.45) is 0 Å². The van der Waals surface area contributed by atoms with Gasteiger partial charge in [0.2, 0.25) is 0 Å². The lowest BCUT2D eigenvalue weighted by Gasteiger charge is -2.19. The van der Waals surface area contributed by atoms with Crippen molar-refractivity contribution in [2.75, 3.05) is 6.54 Å². The van der Waals surface area contributed by atoms with Gasteiger partial charge in [-0.1, -0.05) is 30.3 Å². The summed E-state index contributed by atoms with van der Waals surface area (Å²) in [5.74, 6) is 0.658. The Kier molecular flexibility index (Phi) is 4.73. The summed E-state index contributed by atoms with van der Waals surface area (Å²) >= 11 is 1.63. The highest BCUT2D eigenvalue weighted by Gasteiger charge is 2.26. The van der Waals surface area contributed by atoms with Gasteiger partial charge in [-0.3, -0.25) is 0 Å². The lowest BCUT2D eigenvalue weighted by molar-refractivity contribution is 0.0956. The van der Waals surface area contributed by atoms with Gasteiger partial charge in [0, 0.05) is 17.8 Å². The predicted octanol–water partition coefficient (Wildman–Crippen LogP) is 4.18. The first-order valence-electron chi connectivity index (χ1n) is 7.66. The third-order valence-electron chi connectivity index (χ3n) is 3.74. The van der Waals surface area contributed by atoms with E-state index in [2.05, 4.69) is 10.4 Å². The molecule has 1 aliphatic rings. The van der Waals surface area contributed by atoms with Crippen LogP contribution in [0.1, 0.15) is 41.9 Å². The average molecular weight is 316 g/mol. The first kappa shape index (κ1) is 15.0. The molecule has 2 aromatic rings. The normalized spacial score (nSPS) is 13.9. The molecule has 0 radical (unpaired) electrons. The van der Waals surface area contributed by atoms with Gasteiger partial charge in [0.25, 0.3) is 0 Å². The second kappa shape index (κ2) is 6.92. The fourth-order valence-electron chi connectivity index (χ4n) is 2.24. The molecule has 1 aromatic heterocycles. The second-order valence-corrected chi connectivity index (χ2v) is 6.44. The molecule has 0 spiro atoms. The van der Waals surface area contributed by atoms with E-state index in [-0.39, 0.29) is 6.09 Å². The Balaban J connectivity index is 1.54. The van der Waals surface area contributed by atoms with Gasteiger partial charge in [0.15, 0.2) is 0 Å². The van der Waals surface area contributed by atoms with Crippen molar-refractivity contribution < 1.29 is 9.53 Å². The number of benzene rings is 1. The van der Waals surface area contributed by atoms with Crippen molar-refractivity contribution in [1.82, 2.24) is 9.88 Å². The van der Waals surface area contributed by atoms with Gasteiger partial charge in [-0.05, 0) is 25.3 Å². The molecule has 1 heterocycles. The minimum atomic E-state index is -0.283. The molecule has 1 aliphatic carbocycles. The van der Waals surface area contributed by atoms with Crippen LogP contribution in [0.15, 0.2) is 35.7 Å². The molecule has 0 aliphatic heterocycles. The number of carbonyl (C=O) groups is 1. The summed E-state index contributed by atoms with van der Waals surface area (Å²) < 4.78 is 5.38. The molecule has 116 valence electrons. The molecule has 0 unspecified atom stereocenters. The highest BCUT2D eigenvalue weighted by atomic mass is 32.1. The standard InChI is InChI=1S/C17H20N2O2S/c1-2-19(10-16-18-15(12-22-16)14-8-9-14)17(20)21-11-13-6-4-3-5-7-13/h3-7,12,14H,2,8-11H2,1H3. The van der Waals surface area contributed by atoms with Crippen molar-refractivity contribution in [3.05, 3.63) is 52.0 Å². The summed E-state index contributed by atoms with van der Waals surface area (Å²) in [6, 6.07) is 9.73. The molecule has 0 bridgehead atoms. The second-order valence-electron chi connectivity index (χ2n) is 5.49. The zero-order valence-electron chi connectivity index (χ0n) is 12.7. The smallest absolute Gasteiger partial charge is 0.410 e. The van der Waals surface area contributed by atoms with Crippen LogP contribution >= 0.6 is 11.3 Å². The Morgan fingerprint density at radius 3 is 2.82 bits per heavy atom. The van der Waals surface area contributed by atoms with Gasteiger partial charge in [-0.25, -0.2) is 9.78 Å². The van der Waals surface area contributed by atoms with E-state index in [1.54, 1.807) is 16.2 Å². The highest BCUT2D eigenvalue weighted by molar-refractivity contribution is 7.09. The summed E-state index contributed by atoms with van der Waals surface area (Å²) in [5, 5.41) is 3.11. The third-order valence-corrected chi connectivity index (χ3v) is 4.59. The fraction of sp³-hybridized carbons (Fsp3) is 0.412. The number of hydrogen-bond acceptors (Lipinski definition) is 4. The lowest BCUT2D eigenvalue weighted by Crippen LogP contribution is -2.30. The van der Waals surface area contributed by atoms with Crippen LogP contribution in [0.2, 0.25) is 0 Å². The van der Waals surface area contributed by atoms with Crippen LogP contribution in [0, 0.1) is 0 Å². The van der Waals surface area contributed by atoms with E-state index in [1.165, 1.54) is 18.5 Å². The molecule has 0 saturated heterocycles. The van der Waals surface area contributed by atoms with Gasteiger partial charge in [-0.2, -0.15) is 0 Å². The molecule has 0 N–H and O–H groups in total. The van der Waals surface area contributed by atoms with Crippen LogP contribution in [0.25, 0.3) is 0 Å². The lowest BCUT2D eigenvalue weighted by atomic mass is 10.2. The minimum Gasteiger partial charge on any atom is -0.445 e. The number of carbonyl (C=O) groups excluding carboxylic acids is 1. The Morgan fingerprint density at radius 2 is 2.14 bits per heavy atom. The van der Waals surface area contributed by atoms with Crippen LogP contribution in [-0.2, 0) is 17.9 Å². The van der Waals surface area contributed by atoms with Gasteiger partial charge in [0.05, 0.1) is 12.2 Å².